The minimum absolute atomic E-state index is 0.0468. The summed E-state index contributed by atoms with van der Waals surface area (Å²) in [5.41, 5.74) is 7.77. The molecule has 1 aliphatic heterocycles. The first-order valence-corrected chi connectivity index (χ1v) is 8.65. The van der Waals surface area contributed by atoms with Crippen LogP contribution in [-0.2, 0) is 4.74 Å². The van der Waals surface area contributed by atoms with E-state index in [2.05, 4.69) is 14.9 Å². The number of aliphatic imine (C=N–C) groups is 1. The Kier molecular flexibility index (Phi) is 5.27. The lowest BCUT2D eigenvalue weighted by Crippen LogP contribution is -2.36. The number of phenolic OH excluding ortho intramolecular Hbond substituents is 2. The molecule has 1 fully saturated rings. The van der Waals surface area contributed by atoms with Crippen molar-refractivity contribution >= 4 is 17.3 Å². The third kappa shape index (κ3) is 3.88. The first-order chi connectivity index (χ1) is 12.5. The van der Waals surface area contributed by atoms with E-state index in [4.69, 9.17) is 10.5 Å². The zero-order chi connectivity index (χ0) is 18.7. The van der Waals surface area contributed by atoms with Gasteiger partial charge in [-0.3, -0.25) is 0 Å². The van der Waals surface area contributed by atoms with Gasteiger partial charge in [-0.2, -0.15) is 0 Å². The molecule has 0 spiro atoms. The van der Waals surface area contributed by atoms with Gasteiger partial charge in [-0.05, 0) is 29.7 Å². The molecule has 0 saturated carbocycles. The van der Waals surface area contributed by atoms with E-state index in [1.807, 2.05) is 26.0 Å². The van der Waals surface area contributed by atoms with E-state index in [0.29, 0.717) is 30.0 Å². The molecule has 3 rings (SSSR count). The molecule has 138 valence electrons. The standard InChI is InChI=1S/C19H24N4O3/c1-12(2)14-9-15(17(25)10-16(14)24)19(20)22-13-3-4-18(21-11-13)23-5-7-26-8-6-23/h3-4,9-12,24-25H,5-8H2,1-2H3,(H2,20,22). The first kappa shape index (κ1) is 18.0. The summed E-state index contributed by atoms with van der Waals surface area (Å²) in [7, 11) is 0. The van der Waals surface area contributed by atoms with Crippen LogP contribution >= 0.6 is 0 Å². The van der Waals surface area contributed by atoms with Crippen LogP contribution in [0.5, 0.6) is 11.5 Å². The van der Waals surface area contributed by atoms with E-state index >= 15 is 0 Å². The molecule has 26 heavy (non-hydrogen) atoms. The van der Waals surface area contributed by atoms with Gasteiger partial charge in [0.05, 0.1) is 30.7 Å². The van der Waals surface area contributed by atoms with Gasteiger partial charge in [0.15, 0.2) is 0 Å². The fraction of sp³-hybridized carbons (Fsp3) is 0.368. The largest absolute Gasteiger partial charge is 0.508 e. The molecule has 4 N–H and O–H groups in total. The number of ether oxygens (including phenoxy) is 1. The number of anilines is 1. The van der Waals surface area contributed by atoms with Crippen LogP contribution in [0, 0.1) is 0 Å². The second-order valence-electron chi connectivity index (χ2n) is 6.55. The predicted molar refractivity (Wildman–Crippen MR) is 102 cm³/mol. The molecule has 0 radical (unpaired) electrons. The molecular formula is C19H24N4O3. The van der Waals surface area contributed by atoms with Gasteiger partial charge in [0.1, 0.15) is 23.2 Å². The molecule has 2 aromatic rings. The van der Waals surface area contributed by atoms with Crippen LogP contribution < -0.4 is 10.6 Å². The maximum atomic E-state index is 10.1. The average Bonchev–Trinajstić information content (AvgIpc) is 2.62. The number of amidine groups is 1. The van der Waals surface area contributed by atoms with Crippen molar-refractivity contribution in [1.29, 1.82) is 0 Å². The summed E-state index contributed by atoms with van der Waals surface area (Å²) in [6, 6.07) is 6.70. The van der Waals surface area contributed by atoms with Crippen LogP contribution in [0.3, 0.4) is 0 Å². The number of hydrogen-bond donors (Lipinski definition) is 3. The second-order valence-corrected chi connectivity index (χ2v) is 6.55. The third-order valence-corrected chi connectivity index (χ3v) is 4.36. The number of nitrogens with zero attached hydrogens (tertiary/aromatic N) is 3. The Labute approximate surface area is 152 Å². The Hall–Kier alpha value is -2.80. The zero-order valence-electron chi connectivity index (χ0n) is 15.0. The summed E-state index contributed by atoms with van der Waals surface area (Å²) in [4.78, 5) is 10.9. The van der Waals surface area contributed by atoms with Crippen molar-refractivity contribution in [2.75, 3.05) is 31.2 Å². The Morgan fingerprint density at radius 3 is 2.54 bits per heavy atom. The summed E-state index contributed by atoms with van der Waals surface area (Å²) in [6.45, 7) is 6.95. The molecule has 1 aromatic heterocycles. The minimum Gasteiger partial charge on any atom is -0.508 e. The van der Waals surface area contributed by atoms with Crippen LogP contribution in [0.25, 0.3) is 0 Å². The molecule has 2 heterocycles. The normalized spacial score (nSPS) is 15.5. The van der Waals surface area contributed by atoms with E-state index in [9.17, 15) is 10.2 Å². The van der Waals surface area contributed by atoms with Crippen molar-refractivity contribution in [1.82, 2.24) is 4.98 Å². The van der Waals surface area contributed by atoms with Crippen molar-refractivity contribution < 1.29 is 14.9 Å². The Balaban J connectivity index is 1.84. The first-order valence-electron chi connectivity index (χ1n) is 8.65. The number of phenols is 2. The number of hydrogen-bond acceptors (Lipinski definition) is 6. The van der Waals surface area contributed by atoms with Crippen molar-refractivity contribution in [3.63, 3.8) is 0 Å². The topological polar surface area (TPSA) is 104 Å². The zero-order valence-corrected chi connectivity index (χ0v) is 15.0. The number of pyridine rings is 1. The Bertz CT molecular complexity index is 797. The third-order valence-electron chi connectivity index (χ3n) is 4.36. The van der Waals surface area contributed by atoms with Gasteiger partial charge in [-0.15, -0.1) is 0 Å². The number of nitrogens with two attached hydrogens (primary N) is 1. The lowest BCUT2D eigenvalue weighted by Gasteiger charge is -2.27. The Morgan fingerprint density at radius 2 is 1.92 bits per heavy atom. The van der Waals surface area contributed by atoms with Crippen LogP contribution in [0.1, 0.15) is 30.9 Å². The predicted octanol–water partition coefficient (Wildman–Crippen LogP) is 2.49. The molecule has 0 unspecified atom stereocenters. The molecule has 7 heteroatoms. The number of aromatic nitrogens is 1. The van der Waals surface area contributed by atoms with E-state index in [1.54, 1.807) is 12.3 Å². The fourth-order valence-corrected chi connectivity index (χ4v) is 2.88. The van der Waals surface area contributed by atoms with Gasteiger partial charge >= 0.3 is 0 Å². The van der Waals surface area contributed by atoms with Crippen LogP contribution in [0.2, 0.25) is 0 Å². The van der Waals surface area contributed by atoms with Gasteiger partial charge in [0.2, 0.25) is 0 Å². The van der Waals surface area contributed by atoms with Crippen molar-refractivity contribution in [2.24, 2.45) is 10.7 Å². The summed E-state index contributed by atoms with van der Waals surface area (Å²) in [5, 5.41) is 20.1. The van der Waals surface area contributed by atoms with Gasteiger partial charge in [0.25, 0.3) is 0 Å². The molecule has 1 aliphatic rings. The highest BCUT2D eigenvalue weighted by Crippen LogP contribution is 2.32. The lowest BCUT2D eigenvalue weighted by molar-refractivity contribution is 0.122. The maximum Gasteiger partial charge on any atom is 0.135 e. The van der Waals surface area contributed by atoms with Crippen LogP contribution in [0.4, 0.5) is 11.5 Å². The Morgan fingerprint density at radius 1 is 1.19 bits per heavy atom. The molecule has 7 nitrogen and oxygen atoms in total. The van der Waals surface area contributed by atoms with Crippen LogP contribution in [0.15, 0.2) is 35.5 Å². The van der Waals surface area contributed by atoms with Gasteiger partial charge in [-0.1, -0.05) is 13.8 Å². The number of aromatic hydroxyl groups is 2. The summed E-state index contributed by atoms with van der Waals surface area (Å²) >= 11 is 0. The summed E-state index contributed by atoms with van der Waals surface area (Å²) in [5.74, 6) is 1.08. The van der Waals surface area contributed by atoms with Crippen molar-refractivity contribution in [2.45, 2.75) is 19.8 Å². The van der Waals surface area contributed by atoms with Crippen molar-refractivity contribution in [3.05, 3.63) is 41.6 Å². The number of benzene rings is 1. The SMILES string of the molecule is CC(C)c1cc(C(N)=Nc2ccc(N3CCOCC3)nc2)c(O)cc1O. The highest BCUT2D eigenvalue weighted by Gasteiger charge is 2.15. The van der Waals surface area contributed by atoms with Gasteiger partial charge in [-0.25, -0.2) is 9.98 Å². The molecule has 1 saturated heterocycles. The average molecular weight is 356 g/mol. The number of morpholine rings is 1. The maximum absolute atomic E-state index is 10.1. The second kappa shape index (κ2) is 7.61. The molecule has 0 atom stereocenters. The lowest BCUT2D eigenvalue weighted by atomic mass is 9.98. The minimum atomic E-state index is -0.106. The fourth-order valence-electron chi connectivity index (χ4n) is 2.88. The summed E-state index contributed by atoms with van der Waals surface area (Å²) in [6.07, 6.45) is 1.65. The van der Waals surface area contributed by atoms with E-state index in [1.165, 1.54) is 6.07 Å². The molecule has 1 aromatic carbocycles. The van der Waals surface area contributed by atoms with E-state index in [0.717, 1.165) is 18.9 Å². The number of rotatable bonds is 4. The van der Waals surface area contributed by atoms with Gasteiger partial charge in [0, 0.05) is 19.2 Å². The van der Waals surface area contributed by atoms with Gasteiger partial charge < -0.3 is 25.6 Å². The highest BCUT2D eigenvalue weighted by atomic mass is 16.5. The van der Waals surface area contributed by atoms with E-state index in [-0.39, 0.29) is 23.3 Å². The molecule has 0 aliphatic carbocycles. The summed E-state index contributed by atoms with van der Waals surface area (Å²) < 4.78 is 5.34. The molecule has 0 amide bonds. The van der Waals surface area contributed by atoms with Crippen LogP contribution in [-0.4, -0.2) is 47.3 Å². The molecule has 0 bridgehead atoms. The monoisotopic (exact) mass is 356 g/mol. The quantitative estimate of drug-likeness (QED) is 0.574. The molecular weight excluding hydrogens is 332 g/mol. The van der Waals surface area contributed by atoms with Crippen molar-refractivity contribution in [3.8, 4) is 11.5 Å². The van der Waals surface area contributed by atoms with E-state index < -0.39 is 0 Å². The highest BCUT2D eigenvalue weighted by molar-refractivity contribution is 6.01. The smallest absolute Gasteiger partial charge is 0.135 e.